The van der Waals surface area contributed by atoms with E-state index in [-0.39, 0.29) is 11.8 Å². The van der Waals surface area contributed by atoms with E-state index < -0.39 is 11.8 Å². The van der Waals surface area contributed by atoms with Crippen molar-refractivity contribution in [1.82, 2.24) is 0 Å². The predicted molar refractivity (Wildman–Crippen MR) is 134 cm³/mol. The highest BCUT2D eigenvalue weighted by Gasteiger charge is 2.41. The smallest absolute Gasteiger partial charge is 0.282 e. The first-order valence-electron chi connectivity index (χ1n) is 11.4. The second-order valence-electron chi connectivity index (χ2n) is 8.20. The second kappa shape index (κ2) is 10.3. The third-order valence-electron chi connectivity index (χ3n) is 5.19. The largest absolute Gasteiger partial charge is 0.494 e. The third-order valence-corrected chi connectivity index (χ3v) is 5.19. The normalized spacial score (nSPS) is 13.6. The number of amides is 2. The molecule has 1 aliphatic rings. The van der Waals surface area contributed by atoms with E-state index >= 15 is 0 Å². The highest BCUT2D eigenvalue weighted by Crippen LogP contribution is 2.38. The number of imide groups is 1. The van der Waals surface area contributed by atoms with Gasteiger partial charge in [0.15, 0.2) is 0 Å². The summed E-state index contributed by atoms with van der Waals surface area (Å²) >= 11 is 0. The Hall–Kier alpha value is -4.06. The average Bonchev–Trinajstić information content (AvgIpc) is 3.07. The summed E-state index contributed by atoms with van der Waals surface area (Å²) in [6.07, 6.45) is 0.778. The lowest BCUT2D eigenvalue weighted by atomic mass is 10.0. The molecule has 0 spiro atoms. The van der Waals surface area contributed by atoms with E-state index in [1.54, 1.807) is 18.2 Å². The number of anilines is 2. The van der Waals surface area contributed by atoms with Crippen molar-refractivity contribution in [3.8, 4) is 11.5 Å². The molecule has 3 aromatic carbocycles. The number of hydrogen-bond donors (Lipinski definition) is 1. The fraction of sp³-hybridized carbons (Fsp3) is 0.214. The minimum Gasteiger partial charge on any atom is -0.494 e. The van der Waals surface area contributed by atoms with Crippen LogP contribution in [0.3, 0.4) is 0 Å². The topological polar surface area (TPSA) is 67.9 Å². The number of nitrogens with zero attached hydrogens (tertiary/aromatic N) is 1. The van der Waals surface area contributed by atoms with Gasteiger partial charge in [-0.2, -0.15) is 0 Å². The summed E-state index contributed by atoms with van der Waals surface area (Å²) in [6, 6.07) is 23.7. The Morgan fingerprint density at radius 2 is 1.62 bits per heavy atom. The molecule has 1 aliphatic heterocycles. The molecule has 0 aliphatic carbocycles. The maximum absolute atomic E-state index is 13.7. The van der Waals surface area contributed by atoms with Crippen LogP contribution in [0.4, 0.5) is 11.4 Å². The van der Waals surface area contributed by atoms with Gasteiger partial charge in [-0.25, -0.2) is 4.90 Å². The van der Waals surface area contributed by atoms with Crippen LogP contribution in [-0.2, 0) is 9.59 Å². The molecule has 0 atom stereocenters. The lowest BCUT2D eigenvalue weighted by molar-refractivity contribution is -0.120. The van der Waals surface area contributed by atoms with E-state index in [0.717, 1.165) is 6.42 Å². The maximum atomic E-state index is 13.7. The minimum atomic E-state index is -0.441. The first-order valence-corrected chi connectivity index (χ1v) is 11.4. The maximum Gasteiger partial charge on any atom is 0.282 e. The van der Waals surface area contributed by atoms with Crippen LogP contribution in [0.15, 0.2) is 84.6 Å². The van der Waals surface area contributed by atoms with Gasteiger partial charge in [-0.1, -0.05) is 55.5 Å². The summed E-state index contributed by atoms with van der Waals surface area (Å²) in [5, 5.41) is 3.19. The highest BCUT2D eigenvalue weighted by molar-refractivity contribution is 6.46. The molecule has 2 amide bonds. The Morgan fingerprint density at radius 3 is 2.35 bits per heavy atom. The van der Waals surface area contributed by atoms with Gasteiger partial charge in [-0.15, -0.1) is 0 Å². The predicted octanol–water partition coefficient (Wildman–Crippen LogP) is 5.66. The van der Waals surface area contributed by atoms with Gasteiger partial charge in [0, 0.05) is 11.8 Å². The van der Waals surface area contributed by atoms with Crippen molar-refractivity contribution in [2.45, 2.75) is 33.3 Å². The van der Waals surface area contributed by atoms with Gasteiger partial charge in [0.05, 0.1) is 24.0 Å². The standard InChI is InChI=1S/C28H28N2O4/c1-4-17-33-22-14-10-13-21(18-22)29-26-25(20-11-6-5-7-12-20)27(31)30(28(26)32)23-15-8-9-16-24(23)34-19(2)3/h5-16,18-19,29H,4,17H2,1-3H3. The molecular formula is C28H28N2O4. The first kappa shape index (κ1) is 23.1. The monoisotopic (exact) mass is 456 g/mol. The first-order chi connectivity index (χ1) is 16.5. The fourth-order valence-electron chi connectivity index (χ4n) is 3.76. The molecule has 6 heteroatoms. The van der Waals surface area contributed by atoms with E-state index in [1.165, 1.54) is 4.90 Å². The number of benzene rings is 3. The van der Waals surface area contributed by atoms with E-state index in [4.69, 9.17) is 9.47 Å². The molecule has 6 nitrogen and oxygen atoms in total. The molecule has 1 heterocycles. The Bertz CT molecular complexity index is 1220. The second-order valence-corrected chi connectivity index (χ2v) is 8.20. The van der Waals surface area contributed by atoms with Gasteiger partial charge in [0.2, 0.25) is 0 Å². The van der Waals surface area contributed by atoms with Gasteiger partial charge in [0.25, 0.3) is 11.8 Å². The van der Waals surface area contributed by atoms with Crippen LogP contribution in [0.1, 0.15) is 32.8 Å². The van der Waals surface area contributed by atoms with Crippen LogP contribution in [0.2, 0.25) is 0 Å². The zero-order valence-corrected chi connectivity index (χ0v) is 19.6. The molecule has 0 bridgehead atoms. The van der Waals surface area contributed by atoms with Crippen molar-refractivity contribution in [2.24, 2.45) is 0 Å². The fourth-order valence-corrected chi connectivity index (χ4v) is 3.76. The van der Waals surface area contributed by atoms with Crippen LogP contribution in [0, 0.1) is 0 Å². The van der Waals surface area contributed by atoms with Crippen molar-refractivity contribution in [3.63, 3.8) is 0 Å². The van der Waals surface area contributed by atoms with E-state index in [1.807, 2.05) is 81.4 Å². The Morgan fingerprint density at radius 1 is 0.882 bits per heavy atom. The summed E-state index contributed by atoms with van der Waals surface area (Å²) in [6.45, 7) is 6.44. The Balaban J connectivity index is 1.76. The SMILES string of the molecule is CCCOc1cccc(NC2=C(c3ccccc3)C(=O)N(c3ccccc3OC(C)C)C2=O)c1. The van der Waals surface area contributed by atoms with Gasteiger partial charge >= 0.3 is 0 Å². The zero-order chi connectivity index (χ0) is 24.1. The molecule has 0 saturated heterocycles. The molecule has 0 saturated carbocycles. The lowest BCUT2D eigenvalue weighted by Crippen LogP contribution is -2.33. The van der Waals surface area contributed by atoms with Crippen LogP contribution in [-0.4, -0.2) is 24.5 Å². The van der Waals surface area contributed by atoms with Crippen molar-refractivity contribution in [1.29, 1.82) is 0 Å². The number of carbonyl (C=O) groups is 2. The van der Waals surface area contributed by atoms with Crippen LogP contribution in [0.5, 0.6) is 11.5 Å². The molecule has 0 aromatic heterocycles. The van der Waals surface area contributed by atoms with Crippen molar-refractivity contribution >= 4 is 28.8 Å². The number of para-hydroxylation sites is 2. The summed E-state index contributed by atoms with van der Waals surface area (Å²) in [4.78, 5) is 28.6. The van der Waals surface area contributed by atoms with Gasteiger partial charge in [-0.05, 0) is 50.1 Å². The number of rotatable bonds is 9. The van der Waals surface area contributed by atoms with Crippen molar-refractivity contribution in [3.05, 3.63) is 90.1 Å². The number of hydrogen-bond acceptors (Lipinski definition) is 5. The molecule has 0 unspecified atom stereocenters. The minimum absolute atomic E-state index is 0.112. The van der Waals surface area contributed by atoms with E-state index in [2.05, 4.69) is 5.32 Å². The number of carbonyl (C=O) groups excluding carboxylic acids is 2. The molecule has 3 aromatic rings. The Kier molecular flexibility index (Phi) is 6.97. The molecule has 0 radical (unpaired) electrons. The average molecular weight is 457 g/mol. The van der Waals surface area contributed by atoms with Crippen LogP contribution >= 0.6 is 0 Å². The van der Waals surface area contributed by atoms with Crippen molar-refractivity contribution in [2.75, 3.05) is 16.8 Å². The summed E-state index contributed by atoms with van der Waals surface area (Å²) < 4.78 is 11.6. The summed E-state index contributed by atoms with van der Waals surface area (Å²) in [5.74, 6) is 0.321. The number of ether oxygens (including phenoxy) is 2. The van der Waals surface area contributed by atoms with Gasteiger partial charge in [-0.3, -0.25) is 9.59 Å². The van der Waals surface area contributed by atoms with Crippen LogP contribution < -0.4 is 19.7 Å². The van der Waals surface area contributed by atoms with E-state index in [0.29, 0.717) is 40.6 Å². The lowest BCUT2D eigenvalue weighted by Gasteiger charge is -2.20. The summed E-state index contributed by atoms with van der Waals surface area (Å²) in [5.41, 5.74) is 2.25. The Labute approximate surface area is 199 Å². The number of nitrogens with one attached hydrogen (secondary N) is 1. The molecular weight excluding hydrogens is 428 g/mol. The zero-order valence-electron chi connectivity index (χ0n) is 19.6. The molecule has 174 valence electrons. The third kappa shape index (κ3) is 4.81. The molecule has 0 fully saturated rings. The quantitative estimate of drug-likeness (QED) is 0.421. The molecule has 34 heavy (non-hydrogen) atoms. The van der Waals surface area contributed by atoms with Crippen LogP contribution in [0.25, 0.3) is 5.57 Å². The highest BCUT2D eigenvalue weighted by atomic mass is 16.5. The van der Waals surface area contributed by atoms with Crippen molar-refractivity contribution < 1.29 is 19.1 Å². The van der Waals surface area contributed by atoms with Gasteiger partial charge in [0.1, 0.15) is 17.2 Å². The van der Waals surface area contributed by atoms with Gasteiger partial charge < -0.3 is 14.8 Å². The summed E-state index contributed by atoms with van der Waals surface area (Å²) in [7, 11) is 0. The van der Waals surface area contributed by atoms with E-state index in [9.17, 15) is 9.59 Å². The molecule has 1 N–H and O–H groups in total. The molecule has 4 rings (SSSR count).